The van der Waals surface area contributed by atoms with Crippen LogP contribution < -0.4 is 5.32 Å². The molecule has 0 spiro atoms. The smallest absolute Gasteiger partial charge is 0.256 e. The van der Waals surface area contributed by atoms with Crippen LogP contribution in [0.15, 0.2) is 36.5 Å². The summed E-state index contributed by atoms with van der Waals surface area (Å²) < 4.78 is 1.77. The number of carbonyl (C=O) groups excluding carboxylic acids is 1. The zero-order valence-electron chi connectivity index (χ0n) is 10.9. The van der Waals surface area contributed by atoms with E-state index in [1.54, 1.807) is 29.1 Å². The van der Waals surface area contributed by atoms with Crippen LogP contribution in [0.3, 0.4) is 0 Å². The Bertz CT molecular complexity index is 578. The average Bonchev–Trinajstić information content (AvgIpc) is 2.87. The first kappa shape index (κ1) is 13.6. The zero-order chi connectivity index (χ0) is 13.8. The largest absolute Gasteiger partial charge is 0.307 e. The van der Waals surface area contributed by atoms with Gasteiger partial charge in [0, 0.05) is 23.6 Å². The molecular weight excluding hydrogens is 262 g/mol. The molecule has 0 aliphatic carbocycles. The van der Waals surface area contributed by atoms with Crippen LogP contribution in [0.5, 0.6) is 0 Å². The summed E-state index contributed by atoms with van der Waals surface area (Å²) in [4.78, 5) is 12.2. The molecule has 0 radical (unpaired) electrons. The molecule has 1 N–H and O–H groups in total. The number of alkyl halides is 1. The molecule has 4 nitrogen and oxygen atoms in total. The van der Waals surface area contributed by atoms with Crippen LogP contribution in [0.25, 0.3) is 0 Å². The molecule has 0 unspecified atom stereocenters. The maximum absolute atomic E-state index is 12.2. The number of nitrogens with one attached hydrogen (secondary N) is 1. The van der Waals surface area contributed by atoms with Crippen LogP contribution in [0.2, 0.25) is 0 Å². The molecule has 1 amide bonds. The van der Waals surface area contributed by atoms with E-state index in [9.17, 15) is 4.79 Å². The van der Waals surface area contributed by atoms with E-state index in [4.69, 9.17) is 11.6 Å². The third-order valence-corrected chi connectivity index (χ3v) is 3.05. The van der Waals surface area contributed by atoms with Gasteiger partial charge in [0.1, 0.15) is 5.82 Å². The van der Waals surface area contributed by atoms with Crippen molar-refractivity contribution in [2.75, 3.05) is 5.32 Å². The SMILES string of the molecule is CC(C)n1nccc1NC(=O)c1cccc(CCl)c1. The van der Waals surface area contributed by atoms with Crippen molar-refractivity contribution in [3.05, 3.63) is 47.7 Å². The van der Waals surface area contributed by atoms with Crippen molar-refractivity contribution in [2.24, 2.45) is 0 Å². The van der Waals surface area contributed by atoms with Crippen molar-refractivity contribution in [3.63, 3.8) is 0 Å². The minimum absolute atomic E-state index is 0.158. The lowest BCUT2D eigenvalue weighted by Crippen LogP contribution is -2.16. The van der Waals surface area contributed by atoms with E-state index in [1.165, 1.54) is 0 Å². The molecule has 19 heavy (non-hydrogen) atoms. The topological polar surface area (TPSA) is 46.9 Å². The molecule has 1 aromatic carbocycles. The van der Waals surface area contributed by atoms with Gasteiger partial charge in [-0.15, -0.1) is 11.6 Å². The minimum Gasteiger partial charge on any atom is -0.307 e. The van der Waals surface area contributed by atoms with Crippen LogP contribution in [0.4, 0.5) is 5.82 Å². The lowest BCUT2D eigenvalue weighted by molar-refractivity contribution is 0.102. The van der Waals surface area contributed by atoms with E-state index < -0.39 is 0 Å². The molecule has 0 aliphatic heterocycles. The number of benzene rings is 1. The van der Waals surface area contributed by atoms with Crippen LogP contribution in [-0.4, -0.2) is 15.7 Å². The van der Waals surface area contributed by atoms with E-state index in [0.717, 1.165) is 5.56 Å². The minimum atomic E-state index is -0.158. The fourth-order valence-corrected chi connectivity index (χ4v) is 1.98. The first-order chi connectivity index (χ1) is 9.11. The summed E-state index contributed by atoms with van der Waals surface area (Å²) in [5, 5.41) is 7.03. The Morgan fingerprint density at radius 2 is 2.21 bits per heavy atom. The summed E-state index contributed by atoms with van der Waals surface area (Å²) in [5.41, 5.74) is 1.52. The third kappa shape index (κ3) is 3.15. The Hall–Kier alpha value is -1.81. The molecule has 2 rings (SSSR count). The number of hydrogen-bond acceptors (Lipinski definition) is 2. The maximum atomic E-state index is 12.2. The van der Waals surface area contributed by atoms with Crippen molar-refractivity contribution < 1.29 is 4.79 Å². The molecule has 0 bridgehead atoms. The van der Waals surface area contributed by atoms with Crippen molar-refractivity contribution in [2.45, 2.75) is 25.8 Å². The van der Waals surface area contributed by atoms with Crippen molar-refractivity contribution in [1.29, 1.82) is 0 Å². The van der Waals surface area contributed by atoms with Crippen LogP contribution in [-0.2, 0) is 5.88 Å². The molecule has 0 atom stereocenters. The molecular formula is C14H16ClN3O. The fourth-order valence-electron chi connectivity index (χ4n) is 1.81. The van der Waals surface area contributed by atoms with E-state index in [1.807, 2.05) is 26.0 Å². The van der Waals surface area contributed by atoms with Gasteiger partial charge in [-0.2, -0.15) is 5.10 Å². The highest BCUT2D eigenvalue weighted by atomic mass is 35.5. The van der Waals surface area contributed by atoms with Gasteiger partial charge in [0.2, 0.25) is 0 Å². The van der Waals surface area contributed by atoms with Gasteiger partial charge in [-0.1, -0.05) is 12.1 Å². The predicted molar refractivity (Wildman–Crippen MR) is 76.6 cm³/mol. The molecule has 2 aromatic rings. The standard InChI is InChI=1S/C14H16ClN3O/c1-10(2)18-13(6-7-16-18)17-14(19)12-5-3-4-11(8-12)9-15/h3-8,10H,9H2,1-2H3,(H,17,19). The Labute approximate surface area is 117 Å². The van der Waals surface area contributed by atoms with Crippen molar-refractivity contribution >= 4 is 23.3 Å². The van der Waals surface area contributed by atoms with Gasteiger partial charge in [-0.3, -0.25) is 4.79 Å². The second kappa shape index (κ2) is 5.89. The number of amides is 1. The molecule has 5 heteroatoms. The van der Waals surface area contributed by atoms with E-state index >= 15 is 0 Å². The highest BCUT2D eigenvalue weighted by Crippen LogP contribution is 2.15. The molecule has 0 aliphatic rings. The first-order valence-electron chi connectivity index (χ1n) is 6.11. The molecule has 1 heterocycles. The van der Waals surface area contributed by atoms with Gasteiger partial charge < -0.3 is 5.32 Å². The number of rotatable bonds is 4. The molecule has 0 saturated carbocycles. The quantitative estimate of drug-likeness (QED) is 0.870. The van der Waals surface area contributed by atoms with Crippen LogP contribution >= 0.6 is 11.6 Å². The number of carbonyl (C=O) groups is 1. The molecule has 100 valence electrons. The van der Waals surface area contributed by atoms with Crippen molar-refractivity contribution in [3.8, 4) is 0 Å². The molecule has 1 aromatic heterocycles. The highest BCUT2D eigenvalue weighted by Gasteiger charge is 2.11. The summed E-state index contributed by atoms with van der Waals surface area (Å²) in [6.07, 6.45) is 1.67. The molecule has 0 saturated heterocycles. The lowest BCUT2D eigenvalue weighted by Gasteiger charge is -2.12. The van der Waals surface area contributed by atoms with Gasteiger partial charge in [-0.05, 0) is 31.5 Å². The van der Waals surface area contributed by atoms with Gasteiger partial charge in [-0.25, -0.2) is 4.68 Å². The predicted octanol–water partition coefficient (Wildman–Crippen LogP) is 3.46. The number of nitrogens with zero attached hydrogens (tertiary/aromatic N) is 2. The summed E-state index contributed by atoms with van der Waals surface area (Å²) in [6.45, 7) is 4.02. The summed E-state index contributed by atoms with van der Waals surface area (Å²) in [5.74, 6) is 0.927. The number of aromatic nitrogens is 2. The normalized spacial score (nSPS) is 10.7. The number of anilines is 1. The van der Waals surface area contributed by atoms with Gasteiger partial charge in [0.25, 0.3) is 5.91 Å². The summed E-state index contributed by atoms with van der Waals surface area (Å²) in [7, 11) is 0. The third-order valence-electron chi connectivity index (χ3n) is 2.74. The van der Waals surface area contributed by atoms with Gasteiger partial charge in [0.15, 0.2) is 0 Å². The zero-order valence-corrected chi connectivity index (χ0v) is 11.7. The maximum Gasteiger partial charge on any atom is 0.256 e. The lowest BCUT2D eigenvalue weighted by atomic mass is 10.1. The number of hydrogen-bond donors (Lipinski definition) is 1. The van der Waals surface area contributed by atoms with E-state index in [0.29, 0.717) is 17.3 Å². The fraction of sp³-hybridized carbons (Fsp3) is 0.286. The average molecular weight is 278 g/mol. The Kier molecular flexibility index (Phi) is 4.22. The Balaban J connectivity index is 2.18. The van der Waals surface area contributed by atoms with E-state index in [-0.39, 0.29) is 11.9 Å². The summed E-state index contributed by atoms with van der Waals surface area (Å²) in [6, 6.07) is 9.25. The Morgan fingerprint density at radius 3 is 2.89 bits per heavy atom. The summed E-state index contributed by atoms with van der Waals surface area (Å²) >= 11 is 5.77. The van der Waals surface area contributed by atoms with E-state index in [2.05, 4.69) is 10.4 Å². The van der Waals surface area contributed by atoms with Crippen LogP contribution in [0.1, 0.15) is 35.8 Å². The number of halogens is 1. The second-order valence-corrected chi connectivity index (χ2v) is 4.81. The van der Waals surface area contributed by atoms with Gasteiger partial charge in [0.05, 0.1) is 6.20 Å². The highest BCUT2D eigenvalue weighted by molar-refractivity contribution is 6.17. The monoisotopic (exact) mass is 277 g/mol. The van der Waals surface area contributed by atoms with Crippen molar-refractivity contribution in [1.82, 2.24) is 9.78 Å². The van der Waals surface area contributed by atoms with Crippen LogP contribution in [0, 0.1) is 0 Å². The molecule has 0 fully saturated rings. The second-order valence-electron chi connectivity index (χ2n) is 4.54. The Morgan fingerprint density at radius 1 is 1.42 bits per heavy atom. The van der Waals surface area contributed by atoms with Gasteiger partial charge >= 0.3 is 0 Å². The first-order valence-corrected chi connectivity index (χ1v) is 6.65.